The van der Waals surface area contributed by atoms with Crippen LogP contribution in [0, 0.1) is 11.3 Å². The SMILES string of the molecule is CCCOc1cc([C@H]2C(C#N)=C(N)Oc3c2oc(CO)cc3=O)ccc1OC. The summed E-state index contributed by atoms with van der Waals surface area (Å²) in [6, 6.07) is 8.30. The summed E-state index contributed by atoms with van der Waals surface area (Å²) in [5.74, 6) is 0.126. The number of allylic oxidation sites excluding steroid dienone is 1. The van der Waals surface area contributed by atoms with Gasteiger partial charge in [0.25, 0.3) is 0 Å². The number of fused-ring (bicyclic) bond motifs is 1. The number of hydrogen-bond acceptors (Lipinski definition) is 8. The summed E-state index contributed by atoms with van der Waals surface area (Å²) in [6.07, 6.45) is 0.804. The Morgan fingerprint density at radius 2 is 2.11 bits per heavy atom. The molecule has 1 aliphatic rings. The number of aliphatic hydroxyl groups is 1. The highest BCUT2D eigenvalue weighted by Crippen LogP contribution is 2.43. The molecule has 3 rings (SSSR count). The van der Waals surface area contributed by atoms with Crippen LogP contribution >= 0.6 is 0 Å². The zero-order valence-electron chi connectivity index (χ0n) is 15.5. The van der Waals surface area contributed by atoms with Crippen molar-refractivity contribution in [1.29, 1.82) is 5.26 Å². The van der Waals surface area contributed by atoms with Crippen molar-refractivity contribution < 1.29 is 23.7 Å². The lowest BCUT2D eigenvalue weighted by molar-refractivity contribution is 0.231. The van der Waals surface area contributed by atoms with Gasteiger partial charge in [-0.3, -0.25) is 4.79 Å². The summed E-state index contributed by atoms with van der Waals surface area (Å²) in [5, 5.41) is 19.0. The van der Waals surface area contributed by atoms with Crippen LogP contribution in [0.15, 0.2) is 44.9 Å². The van der Waals surface area contributed by atoms with Gasteiger partial charge in [0.15, 0.2) is 17.3 Å². The Morgan fingerprint density at radius 3 is 2.75 bits per heavy atom. The van der Waals surface area contributed by atoms with Crippen molar-refractivity contribution in [2.75, 3.05) is 13.7 Å². The molecule has 0 radical (unpaired) electrons. The van der Waals surface area contributed by atoms with E-state index in [1.54, 1.807) is 18.2 Å². The van der Waals surface area contributed by atoms with Crippen LogP contribution in [-0.4, -0.2) is 18.8 Å². The minimum Gasteiger partial charge on any atom is -0.493 e. The molecule has 0 bridgehead atoms. The maximum Gasteiger partial charge on any atom is 0.228 e. The van der Waals surface area contributed by atoms with E-state index in [0.717, 1.165) is 12.5 Å². The van der Waals surface area contributed by atoms with Crippen molar-refractivity contribution in [3.8, 4) is 23.3 Å². The Hall–Kier alpha value is -3.44. The van der Waals surface area contributed by atoms with Gasteiger partial charge >= 0.3 is 0 Å². The van der Waals surface area contributed by atoms with Crippen molar-refractivity contribution in [3.05, 3.63) is 63.0 Å². The Kier molecular flexibility index (Phi) is 5.57. The molecule has 8 nitrogen and oxygen atoms in total. The molecule has 1 aromatic heterocycles. The fourth-order valence-electron chi connectivity index (χ4n) is 2.99. The molecule has 1 aliphatic heterocycles. The zero-order chi connectivity index (χ0) is 20.3. The summed E-state index contributed by atoms with van der Waals surface area (Å²) in [7, 11) is 1.53. The van der Waals surface area contributed by atoms with E-state index in [1.807, 2.05) is 13.0 Å². The summed E-state index contributed by atoms with van der Waals surface area (Å²) in [4.78, 5) is 12.4. The number of benzene rings is 1. The maximum atomic E-state index is 12.4. The monoisotopic (exact) mass is 384 g/mol. The third-order valence-corrected chi connectivity index (χ3v) is 4.27. The van der Waals surface area contributed by atoms with Crippen LogP contribution in [0.2, 0.25) is 0 Å². The van der Waals surface area contributed by atoms with Crippen molar-refractivity contribution in [2.24, 2.45) is 5.73 Å². The first-order valence-electron chi connectivity index (χ1n) is 8.70. The predicted molar refractivity (Wildman–Crippen MR) is 99.0 cm³/mol. The number of methoxy groups -OCH3 is 1. The second-order valence-electron chi connectivity index (χ2n) is 6.11. The van der Waals surface area contributed by atoms with Crippen LogP contribution in [0.4, 0.5) is 0 Å². The Labute approximate surface area is 161 Å². The van der Waals surface area contributed by atoms with E-state index in [0.29, 0.717) is 23.7 Å². The molecule has 0 saturated heterocycles. The molecular weight excluding hydrogens is 364 g/mol. The van der Waals surface area contributed by atoms with Gasteiger partial charge in [0.2, 0.25) is 17.1 Å². The van der Waals surface area contributed by atoms with Gasteiger partial charge in [-0.15, -0.1) is 0 Å². The molecule has 2 aromatic rings. The highest BCUT2D eigenvalue weighted by Gasteiger charge is 2.35. The lowest BCUT2D eigenvalue weighted by atomic mass is 9.87. The number of nitrogens with zero attached hydrogens (tertiary/aromatic N) is 1. The first-order valence-corrected chi connectivity index (χ1v) is 8.70. The number of ether oxygens (including phenoxy) is 3. The van der Waals surface area contributed by atoms with Crippen LogP contribution in [0.3, 0.4) is 0 Å². The molecule has 0 spiro atoms. The topological polar surface area (TPSA) is 128 Å². The lowest BCUT2D eigenvalue weighted by Crippen LogP contribution is -2.25. The van der Waals surface area contributed by atoms with E-state index >= 15 is 0 Å². The third-order valence-electron chi connectivity index (χ3n) is 4.27. The van der Waals surface area contributed by atoms with Gasteiger partial charge in [-0.1, -0.05) is 13.0 Å². The van der Waals surface area contributed by atoms with Gasteiger partial charge in [0.1, 0.15) is 24.0 Å². The Morgan fingerprint density at radius 1 is 1.32 bits per heavy atom. The molecule has 0 amide bonds. The molecule has 1 atom stereocenters. The molecule has 0 aliphatic carbocycles. The van der Waals surface area contributed by atoms with Crippen LogP contribution < -0.4 is 25.4 Å². The third kappa shape index (κ3) is 3.40. The molecule has 146 valence electrons. The highest BCUT2D eigenvalue weighted by molar-refractivity contribution is 5.55. The van der Waals surface area contributed by atoms with Crippen LogP contribution in [-0.2, 0) is 6.61 Å². The fraction of sp³-hybridized carbons (Fsp3) is 0.300. The van der Waals surface area contributed by atoms with Gasteiger partial charge < -0.3 is 29.5 Å². The van der Waals surface area contributed by atoms with Gasteiger partial charge in [-0.05, 0) is 24.1 Å². The van der Waals surface area contributed by atoms with Crippen LogP contribution in [0.25, 0.3) is 0 Å². The molecular formula is C20H20N2O6. The molecule has 8 heteroatoms. The molecule has 3 N–H and O–H groups in total. The van der Waals surface area contributed by atoms with Gasteiger partial charge in [-0.25, -0.2) is 0 Å². The molecule has 2 heterocycles. The second-order valence-corrected chi connectivity index (χ2v) is 6.11. The van der Waals surface area contributed by atoms with Crippen molar-refractivity contribution in [1.82, 2.24) is 0 Å². The average Bonchev–Trinajstić information content (AvgIpc) is 2.71. The van der Waals surface area contributed by atoms with Gasteiger partial charge in [-0.2, -0.15) is 5.26 Å². The van der Waals surface area contributed by atoms with Crippen LogP contribution in [0.1, 0.15) is 36.3 Å². The summed E-state index contributed by atoms with van der Waals surface area (Å²) >= 11 is 0. The predicted octanol–water partition coefficient (Wildman–Crippen LogP) is 2.15. The minimum absolute atomic E-state index is 0.0612. The lowest BCUT2D eigenvalue weighted by Gasteiger charge is -2.25. The maximum absolute atomic E-state index is 12.4. The van der Waals surface area contributed by atoms with E-state index in [2.05, 4.69) is 0 Å². The largest absolute Gasteiger partial charge is 0.493 e. The summed E-state index contributed by atoms with van der Waals surface area (Å²) in [6.45, 7) is 1.99. The highest BCUT2D eigenvalue weighted by atomic mass is 16.5. The number of rotatable bonds is 6. The van der Waals surface area contributed by atoms with Crippen molar-refractivity contribution >= 4 is 0 Å². The van der Waals surface area contributed by atoms with Gasteiger partial charge in [0, 0.05) is 6.07 Å². The first-order chi connectivity index (χ1) is 13.5. The quantitative estimate of drug-likeness (QED) is 0.775. The minimum atomic E-state index is -0.789. The standard InChI is InChI=1S/C20H20N2O6/c1-3-6-26-16-7-11(4-5-15(16)25-2)17-13(9-21)20(22)28-18-14(24)8-12(10-23)27-19(17)18/h4-5,7-8,17,23H,3,6,10,22H2,1-2H3/t17-/m0/s1. The number of nitrogens with two attached hydrogens (primary N) is 1. The fourth-order valence-corrected chi connectivity index (χ4v) is 2.99. The average molecular weight is 384 g/mol. The normalized spacial score (nSPS) is 15.4. The van der Waals surface area contributed by atoms with E-state index in [1.165, 1.54) is 7.11 Å². The molecule has 0 fully saturated rings. The van der Waals surface area contributed by atoms with Gasteiger partial charge in [0.05, 0.1) is 19.6 Å². The molecule has 0 unspecified atom stereocenters. The number of aliphatic hydroxyl groups excluding tert-OH is 1. The summed E-state index contributed by atoms with van der Waals surface area (Å²) in [5.41, 5.74) is 6.10. The van der Waals surface area contributed by atoms with E-state index in [-0.39, 0.29) is 28.7 Å². The molecule has 1 aromatic carbocycles. The second kappa shape index (κ2) is 8.06. The van der Waals surface area contributed by atoms with E-state index < -0.39 is 18.0 Å². The Balaban J connectivity index is 2.21. The molecule has 0 saturated carbocycles. The van der Waals surface area contributed by atoms with Crippen LogP contribution in [0.5, 0.6) is 17.2 Å². The smallest absolute Gasteiger partial charge is 0.228 e. The Bertz CT molecular complexity index is 1020. The van der Waals surface area contributed by atoms with E-state index in [9.17, 15) is 15.2 Å². The van der Waals surface area contributed by atoms with Crippen molar-refractivity contribution in [3.63, 3.8) is 0 Å². The summed E-state index contributed by atoms with van der Waals surface area (Å²) < 4.78 is 22.1. The zero-order valence-corrected chi connectivity index (χ0v) is 15.5. The molecule has 28 heavy (non-hydrogen) atoms. The number of nitriles is 1. The van der Waals surface area contributed by atoms with Crippen molar-refractivity contribution in [2.45, 2.75) is 25.9 Å². The van der Waals surface area contributed by atoms with E-state index in [4.69, 9.17) is 24.4 Å². The first kappa shape index (κ1) is 19.3. The number of hydrogen-bond donors (Lipinski definition) is 2.